The van der Waals surface area contributed by atoms with E-state index in [0.29, 0.717) is 13.0 Å². The van der Waals surface area contributed by atoms with E-state index in [1.807, 2.05) is 0 Å². The molecule has 0 radical (unpaired) electrons. The average molecular weight is 263 g/mol. The molecule has 2 rings (SSSR count). The van der Waals surface area contributed by atoms with Gasteiger partial charge in [0, 0.05) is 18.7 Å². The van der Waals surface area contributed by atoms with Crippen LogP contribution in [-0.2, 0) is 11.2 Å². The number of hydrogen-bond donors (Lipinski definition) is 2. The summed E-state index contributed by atoms with van der Waals surface area (Å²) in [5.74, 6) is 0.0411. The third-order valence-electron chi connectivity index (χ3n) is 3.24. The molecule has 0 aromatic heterocycles. The monoisotopic (exact) mass is 263 g/mol. The number of non-ortho nitro benzene ring substituents is 1. The molecule has 0 aliphatic carbocycles. The second kappa shape index (κ2) is 6.29. The Labute approximate surface area is 111 Å². The van der Waals surface area contributed by atoms with Crippen molar-refractivity contribution in [2.75, 3.05) is 13.1 Å². The van der Waals surface area contributed by atoms with Crippen LogP contribution in [-0.4, -0.2) is 30.0 Å². The number of nitro groups is 1. The molecule has 6 heteroatoms. The molecule has 0 bridgehead atoms. The summed E-state index contributed by atoms with van der Waals surface area (Å²) in [5, 5.41) is 16.5. The number of rotatable bonds is 5. The van der Waals surface area contributed by atoms with Gasteiger partial charge in [-0.05, 0) is 31.4 Å². The molecule has 6 nitrogen and oxygen atoms in total. The van der Waals surface area contributed by atoms with E-state index < -0.39 is 4.92 Å². The van der Waals surface area contributed by atoms with Crippen LogP contribution < -0.4 is 10.6 Å². The van der Waals surface area contributed by atoms with Gasteiger partial charge in [-0.25, -0.2) is 0 Å². The number of hydrogen-bond acceptors (Lipinski definition) is 4. The molecule has 1 aromatic rings. The minimum Gasteiger partial charge on any atom is -0.354 e. The maximum Gasteiger partial charge on any atom is 0.269 e. The van der Waals surface area contributed by atoms with Crippen molar-refractivity contribution in [3.05, 3.63) is 39.9 Å². The number of carbonyl (C=O) groups is 1. The molecule has 2 N–H and O–H groups in total. The van der Waals surface area contributed by atoms with Gasteiger partial charge in [-0.2, -0.15) is 0 Å². The minimum atomic E-state index is -0.419. The van der Waals surface area contributed by atoms with Crippen LogP contribution in [0.5, 0.6) is 0 Å². The van der Waals surface area contributed by atoms with E-state index in [2.05, 4.69) is 10.6 Å². The lowest BCUT2D eigenvalue weighted by Gasteiger charge is -2.10. The molecule has 1 saturated heterocycles. The third-order valence-corrected chi connectivity index (χ3v) is 3.24. The highest BCUT2D eigenvalue weighted by atomic mass is 16.6. The maximum absolute atomic E-state index is 11.7. The molecule has 0 unspecified atom stereocenters. The fourth-order valence-corrected chi connectivity index (χ4v) is 2.15. The van der Waals surface area contributed by atoms with Crippen LogP contribution in [0.1, 0.15) is 18.4 Å². The highest BCUT2D eigenvalue weighted by Gasteiger charge is 2.21. The molecule has 1 heterocycles. The summed E-state index contributed by atoms with van der Waals surface area (Å²) in [4.78, 5) is 21.8. The molecular formula is C13H17N3O3. The van der Waals surface area contributed by atoms with Crippen molar-refractivity contribution in [2.45, 2.75) is 25.3 Å². The fourth-order valence-electron chi connectivity index (χ4n) is 2.15. The Morgan fingerprint density at radius 1 is 1.42 bits per heavy atom. The van der Waals surface area contributed by atoms with Gasteiger partial charge < -0.3 is 10.6 Å². The second-order valence-electron chi connectivity index (χ2n) is 4.61. The van der Waals surface area contributed by atoms with Gasteiger partial charge in [-0.15, -0.1) is 0 Å². The largest absolute Gasteiger partial charge is 0.354 e. The van der Waals surface area contributed by atoms with Gasteiger partial charge >= 0.3 is 0 Å². The minimum absolute atomic E-state index is 0.0411. The Morgan fingerprint density at radius 3 is 2.74 bits per heavy atom. The molecule has 102 valence electrons. The average Bonchev–Trinajstić information content (AvgIpc) is 2.93. The van der Waals surface area contributed by atoms with Crippen LogP contribution in [0.3, 0.4) is 0 Å². The second-order valence-corrected chi connectivity index (χ2v) is 4.61. The number of nitrogens with one attached hydrogen (secondary N) is 2. The van der Waals surface area contributed by atoms with E-state index in [4.69, 9.17) is 0 Å². The van der Waals surface area contributed by atoms with Crippen LogP contribution in [0.4, 0.5) is 5.69 Å². The standard InChI is InChI=1S/C13H17N3O3/c17-13(12-2-1-8-14-12)15-9-7-10-3-5-11(6-4-10)16(18)19/h3-6,12,14H,1-2,7-9H2,(H,15,17)/t12-/m0/s1. The van der Waals surface area contributed by atoms with E-state index in [9.17, 15) is 14.9 Å². The van der Waals surface area contributed by atoms with Crippen molar-refractivity contribution in [3.63, 3.8) is 0 Å². The predicted octanol–water partition coefficient (Wildman–Crippen LogP) is 1.01. The first-order valence-corrected chi connectivity index (χ1v) is 6.41. The fraction of sp³-hybridized carbons (Fsp3) is 0.462. The van der Waals surface area contributed by atoms with Crippen LogP contribution in [0, 0.1) is 10.1 Å². The summed E-state index contributed by atoms with van der Waals surface area (Å²) < 4.78 is 0. The Morgan fingerprint density at radius 2 is 2.16 bits per heavy atom. The zero-order valence-electron chi connectivity index (χ0n) is 10.6. The zero-order chi connectivity index (χ0) is 13.7. The van der Waals surface area contributed by atoms with Crippen molar-refractivity contribution < 1.29 is 9.72 Å². The lowest BCUT2D eigenvalue weighted by Crippen LogP contribution is -2.41. The molecule has 1 atom stereocenters. The molecule has 1 aliphatic rings. The summed E-state index contributed by atoms with van der Waals surface area (Å²) in [5.41, 5.74) is 1.06. The molecule has 1 aromatic carbocycles. The first-order chi connectivity index (χ1) is 9.16. The molecule has 1 aliphatic heterocycles. The van der Waals surface area contributed by atoms with Crippen LogP contribution in [0.15, 0.2) is 24.3 Å². The van der Waals surface area contributed by atoms with E-state index in [-0.39, 0.29) is 17.6 Å². The van der Waals surface area contributed by atoms with Gasteiger partial charge in [-0.3, -0.25) is 14.9 Å². The van der Waals surface area contributed by atoms with Crippen molar-refractivity contribution in [1.29, 1.82) is 0 Å². The predicted molar refractivity (Wildman–Crippen MR) is 70.8 cm³/mol. The third kappa shape index (κ3) is 3.75. The van der Waals surface area contributed by atoms with E-state index in [1.54, 1.807) is 12.1 Å². The highest BCUT2D eigenvalue weighted by Crippen LogP contribution is 2.12. The number of benzene rings is 1. The van der Waals surface area contributed by atoms with Gasteiger partial charge in [-0.1, -0.05) is 12.1 Å². The number of nitro benzene ring substituents is 1. The summed E-state index contributed by atoms with van der Waals surface area (Å²) in [6, 6.07) is 6.35. The van der Waals surface area contributed by atoms with Crippen molar-refractivity contribution in [3.8, 4) is 0 Å². The number of carbonyl (C=O) groups excluding carboxylic acids is 1. The first kappa shape index (κ1) is 13.5. The Balaban J connectivity index is 1.75. The Kier molecular flexibility index (Phi) is 4.46. The van der Waals surface area contributed by atoms with E-state index in [0.717, 1.165) is 24.9 Å². The summed E-state index contributed by atoms with van der Waals surface area (Å²) in [6.07, 6.45) is 2.61. The zero-order valence-corrected chi connectivity index (χ0v) is 10.6. The van der Waals surface area contributed by atoms with Crippen LogP contribution in [0.2, 0.25) is 0 Å². The molecule has 0 saturated carbocycles. The highest BCUT2D eigenvalue weighted by molar-refractivity contribution is 5.81. The number of amides is 1. The van der Waals surface area contributed by atoms with Crippen molar-refractivity contribution in [2.24, 2.45) is 0 Å². The van der Waals surface area contributed by atoms with Gasteiger partial charge in [0.05, 0.1) is 11.0 Å². The van der Waals surface area contributed by atoms with E-state index >= 15 is 0 Å². The summed E-state index contributed by atoms with van der Waals surface area (Å²) in [6.45, 7) is 1.45. The van der Waals surface area contributed by atoms with Gasteiger partial charge in [0.1, 0.15) is 0 Å². The molecule has 1 amide bonds. The normalized spacial score (nSPS) is 18.2. The van der Waals surface area contributed by atoms with Gasteiger partial charge in [0.2, 0.25) is 5.91 Å². The number of nitrogens with zero attached hydrogens (tertiary/aromatic N) is 1. The summed E-state index contributed by atoms with van der Waals surface area (Å²) >= 11 is 0. The first-order valence-electron chi connectivity index (χ1n) is 6.41. The lowest BCUT2D eigenvalue weighted by molar-refractivity contribution is -0.384. The van der Waals surface area contributed by atoms with Crippen molar-refractivity contribution in [1.82, 2.24) is 10.6 Å². The van der Waals surface area contributed by atoms with Gasteiger partial charge in [0.25, 0.3) is 5.69 Å². The molecule has 0 spiro atoms. The maximum atomic E-state index is 11.7. The van der Waals surface area contributed by atoms with E-state index in [1.165, 1.54) is 12.1 Å². The topological polar surface area (TPSA) is 84.3 Å². The Bertz CT molecular complexity index is 453. The molecular weight excluding hydrogens is 246 g/mol. The lowest BCUT2D eigenvalue weighted by atomic mass is 10.1. The SMILES string of the molecule is O=C(NCCc1ccc([N+](=O)[O-])cc1)[C@@H]1CCCN1. The summed E-state index contributed by atoms with van der Waals surface area (Å²) in [7, 11) is 0. The Hall–Kier alpha value is -1.95. The quantitative estimate of drug-likeness (QED) is 0.613. The van der Waals surface area contributed by atoms with Gasteiger partial charge in [0.15, 0.2) is 0 Å². The van der Waals surface area contributed by atoms with Crippen LogP contribution >= 0.6 is 0 Å². The van der Waals surface area contributed by atoms with Crippen molar-refractivity contribution >= 4 is 11.6 Å². The smallest absolute Gasteiger partial charge is 0.269 e. The molecule has 1 fully saturated rings. The van der Waals surface area contributed by atoms with Crippen LogP contribution in [0.25, 0.3) is 0 Å². The molecule has 19 heavy (non-hydrogen) atoms.